The van der Waals surface area contributed by atoms with Crippen molar-refractivity contribution in [2.45, 2.75) is 65.6 Å². The molecule has 1 aliphatic rings. The average molecular weight is 256 g/mol. The van der Waals surface area contributed by atoms with Crippen molar-refractivity contribution in [3.63, 3.8) is 0 Å². The van der Waals surface area contributed by atoms with Gasteiger partial charge in [0.05, 0.1) is 0 Å². The molecule has 0 amide bonds. The smallest absolute Gasteiger partial charge is 0.0477 e. The van der Waals surface area contributed by atoms with Crippen LogP contribution >= 0.6 is 0 Å². The van der Waals surface area contributed by atoms with Gasteiger partial charge in [-0.1, -0.05) is 27.7 Å². The first kappa shape index (κ1) is 15.9. The number of nitrogens with zero attached hydrogens (tertiary/aromatic N) is 1. The van der Waals surface area contributed by atoms with Crippen molar-refractivity contribution in [1.29, 1.82) is 0 Å². The Morgan fingerprint density at radius 1 is 1.39 bits per heavy atom. The third-order valence-corrected chi connectivity index (χ3v) is 4.23. The van der Waals surface area contributed by atoms with Crippen LogP contribution in [-0.2, 0) is 4.74 Å². The summed E-state index contributed by atoms with van der Waals surface area (Å²) < 4.78 is 5.24. The SMILES string of the molecule is CCC1CN(C(C)CCOC)C(C(C)(C)C)CN1. The Morgan fingerprint density at radius 2 is 2.06 bits per heavy atom. The van der Waals surface area contributed by atoms with Gasteiger partial charge in [0.15, 0.2) is 0 Å². The number of hydrogen-bond donors (Lipinski definition) is 1. The fourth-order valence-electron chi connectivity index (χ4n) is 2.86. The van der Waals surface area contributed by atoms with E-state index in [1.165, 1.54) is 13.0 Å². The summed E-state index contributed by atoms with van der Waals surface area (Å²) in [4.78, 5) is 2.70. The second-order valence-corrected chi connectivity index (χ2v) is 6.72. The van der Waals surface area contributed by atoms with E-state index < -0.39 is 0 Å². The number of ether oxygens (including phenoxy) is 1. The molecule has 3 atom stereocenters. The molecule has 1 fully saturated rings. The Labute approximate surface area is 113 Å². The molecule has 0 aromatic heterocycles. The van der Waals surface area contributed by atoms with Gasteiger partial charge in [-0.2, -0.15) is 0 Å². The largest absolute Gasteiger partial charge is 0.385 e. The molecule has 0 spiro atoms. The fourth-order valence-corrected chi connectivity index (χ4v) is 2.86. The molecule has 18 heavy (non-hydrogen) atoms. The van der Waals surface area contributed by atoms with Gasteiger partial charge in [0, 0.05) is 44.9 Å². The molecule has 1 aliphatic heterocycles. The minimum Gasteiger partial charge on any atom is -0.385 e. The van der Waals surface area contributed by atoms with Gasteiger partial charge < -0.3 is 10.1 Å². The monoisotopic (exact) mass is 256 g/mol. The molecule has 0 saturated carbocycles. The van der Waals surface area contributed by atoms with E-state index in [9.17, 15) is 0 Å². The zero-order valence-electron chi connectivity index (χ0n) is 13.1. The summed E-state index contributed by atoms with van der Waals surface area (Å²) >= 11 is 0. The maximum atomic E-state index is 5.24. The zero-order chi connectivity index (χ0) is 13.8. The van der Waals surface area contributed by atoms with Crippen LogP contribution in [0.25, 0.3) is 0 Å². The lowest BCUT2D eigenvalue weighted by atomic mass is 9.82. The lowest BCUT2D eigenvalue weighted by Gasteiger charge is -2.49. The van der Waals surface area contributed by atoms with Crippen LogP contribution in [0.1, 0.15) is 47.5 Å². The van der Waals surface area contributed by atoms with Crippen molar-refractivity contribution in [2.24, 2.45) is 5.41 Å². The minimum absolute atomic E-state index is 0.326. The average Bonchev–Trinajstić information content (AvgIpc) is 2.34. The number of methoxy groups -OCH3 is 1. The predicted octanol–water partition coefficient (Wildman–Crippen LogP) is 2.51. The van der Waals surface area contributed by atoms with Crippen LogP contribution in [0, 0.1) is 5.41 Å². The summed E-state index contributed by atoms with van der Waals surface area (Å²) in [5, 5.41) is 3.69. The van der Waals surface area contributed by atoms with Gasteiger partial charge in [-0.15, -0.1) is 0 Å². The van der Waals surface area contributed by atoms with Crippen LogP contribution in [0.5, 0.6) is 0 Å². The van der Waals surface area contributed by atoms with Crippen LogP contribution in [0.15, 0.2) is 0 Å². The standard InChI is InChI=1S/C15H32N2O/c1-7-13-11-17(12(2)8-9-18-6)14(10-16-13)15(3,4)5/h12-14,16H,7-11H2,1-6H3. The maximum absolute atomic E-state index is 5.24. The van der Waals surface area contributed by atoms with Crippen LogP contribution in [0.3, 0.4) is 0 Å². The molecule has 3 heteroatoms. The fraction of sp³-hybridized carbons (Fsp3) is 1.00. The Kier molecular flexibility index (Phi) is 6.09. The Morgan fingerprint density at radius 3 is 2.56 bits per heavy atom. The molecule has 1 heterocycles. The summed E-state index contributed by atoms with van der Waals surface area (Å²) in [7, 11) is 1.79. The highest BCUT2D eigenvalue weighted by Gasteiger charge is 2.36. The van der Waals surface area contributed by atoms with E-state index in [-0.39, 0.29) is 0 Å². The van der Waals surface area contributed by atoms with Gasteiger partial charge in [-0.3, -0.25) is 4.90 Å². The van der Waals surface area contributed by atoms with Crippen LogP contribution < -0.4 is 5.32 Å². The normalized spacial score (nSPS) is 28.3. The molecular weight excluding hydrogens is 224 g/mol. The number of hydrogen-bond acceptors (Lipinski definition) is 3. The maximum Gasteiger partial charge on any atom is 0.0477 e. The molecule has 0 bridgehead atoms. The number of piperazine rings is 1. The van der Waals surface area contributed by atoms with Gasteiger partial charge in [0.25, 0.3) is 0 Å². The highest BCUT2D eigenvalue weighted by Crippen LogP contribution is 2.29. The highest BCUT2D eigenvalue weighted by atomic mass is 16.5. The molecule has 0 aromatic rings. The Hall–Kier alpha value is -0.120. The van der Waals surface area contributed by atoms with Gasteiger partial charge in [-0.05, 0) is 25.2 Å². The second kappa shape index (κ2) is 6.88. The Balaban J connectivity index is 2.70. The first-order valence-electron chi connectivity index (χ1n) is 7.38. The predicted molar refractivity (Wildman–Crippen MR) is 78.0 cm³/mol. The topological polar surface area (TPSA) is 24.5 Å². The first-order valence-corrected chi connectivity index (χ1v) is 7.38. The molecule has 0 aromatic carbocycles. The summed E-state index contributed by atoms with van der Waals surface area (Å²) in [5.41, 5.74) is 0.326. The van der Waals surface area contributed by atoms with Gasteiger partial charge in [0.1, 0.15) is 0 Å². The van der Waals surface area contributed by atoms with Crippen LogP contribution in [0.4, 0.5) is 0 Å². The van der Waals surface area contributed by atoms with Crippen molar-refractivity contribution in [2.75, 3.05) is 26.8 Å². The molecule has 108 valence electrons. The molecular formula is C15H32N2O. The van der Waals surface area contributed by atoms with Crippen molar-refractivity contribution >= 4 is 0 Å². The van der Waals surface area contributed by atoms with Gasteiger partial charge in [-0.25, -0.2) is 0 Å². The lowest BCUT2D eigenvalue weighted by molar-refractivity contribution is 0.0149. The van der Waals surface area contributed by atoms with Crippen molar-refractivity contribution < 1.29 is 4.74 Å². The molecule has 1 rings (SSSR count). The van der Waals surface area contributed by atoms with E-state index >= 15 is 0 Å². The van der Waals surface area contributed by atoms with E-state index in [1.54, 1.807) is 7.11 Å². The Bertz CT molecular complexity index is 237. The summed E-state index contributed by atoms with van der Waals surface area (Å²) in [5.74, 6) is 0. The lowest BCUT2D eigenvalue weighted by Crippen LogP contribution is -2.62. The third-order valence-electron chi connectivity index (χ3n) is 4.23. The van der Waals surface area contributed by atoms with Crippen molar-refractivity contribution in [1.82, 2.24) is 10.2 Å². The van der Waals surface area contributed by atoms with E-state index in [1.807, 2.05) is 0 Å². The summed E-state index contributed by atoms with van der Waals surface area (Å²) in [6.07, 6.45) is 2.34. The molecule has 3 unspecified atom stereocenters. The molecule has 0 aliphatic carbocycles. The second-order valence-electron chi connectivity index (χ2n) is 6.72. The zero-order valence-corrected chi connectivity index (χ0v) is 13.1. The first-order chi connectivity index (χ1) is 8.40. The van der Waals surface area contributed by atoms with E-state index in [0.717, 1.165) is 19.6 Å². The van der Waals surface area contributed by atoms with Crippen molar-refractivity contribution in [3.05, 3.63) is 0 Å². The van der Waals surface area contributed by atoms with E-state index in [2.05, 4.69) is 44.8 Å². The third kappa shape index (κ3) is 4.22. The molecule has 0 radical (unpaired) electrons. The van der Waals surface area contributed by atoms with Crippen LogP contribution in [0.2, 0.25) is 0 Å². The van der Waals surface area contributed by atoms with Gasteiger partial charge in [0.2, 0.25) is 0 Å². The number of nitrogens with one attached hydrogen (secondary N) is 1. The molecule has 1 saturated heterocycles. The van der Waals surface area contributed by atoms with Crippen LogP contribution in [-0.4, -0.2) is 49.8 Å². The number of rotatable bonds is 5. The van der Waals surface area contributed by atoms with E-state index in [4.69, 9.17) is 4.74 Å². The minimum atomic E-state index is 0.326. The van der Waals surface area contributed by atoms with E-state index in [0.29, 0.717) is 23.5 Å². The summed E-state index contributed by atoms with van der Waals surface area (Å²) in [6, 6.07) is 1.87. The quantitative estimate of drug-likeness (QED) is 0.818. The molecule has 1 N–H and O–H groups in total. The van der Waals surface area contributed by atoms with Gasteiger partial charge >= 0.3 is 0 Å². The van der Waals surface area contributed by atoms with Crippen molar-refractivity contribution in [3.8, 4) is 0 Å². The highest BCUT2D eigenvalue weighted by molar-refractivity contribution is 4.94. The summed E-state index contributed by atoms with van der Waals surface area (Å²) in [6.45, 7) is 14.8. The molecule has 3 nitrogen and oxygen atoms in total.